The van der Waals surface area contributed by atoms with Crippen molar-refractivity contribution in [2.45, 2.75) is 26.4 Å². The van der Waals surface area contributed by atoms with Crippen molar-refractivity contribution in [3.05, 3.63) is 35.1 Å². The summed E-state index contributed by atoms with van der Waals surface area (Å²) in [7, 11) is 0. The van der Waals surface area contributed by atoms with Crippen LogP contribution < -0.4 is 0 Å². The van der Waals surface area contributed by atoms with E-state index < -0.39 is 0 Å². The van der Waals surface area contributed by atoms with Crippen LogP contribution in [0.2, 0.25) is 0 Å². The molecule has 0 aromatic carbocycles. The topological polar surface area (TPSA) is 38.5 Å². The Hall–Kier alpha value is -1.36. The summed E-state index contributed by atoms with van der Waals surface area (Å²) in [6, 6.07) is 1.94. The van der Waals surface area contributed by atoms with Crippen molar-refractivity contribution in [3.63, 3.8) is 0 Å². The summed E-state index contributed by atoms with van der Waals surface area (Å²) >= 11 is 5.17. The Morgan fingerprint density at radius 1 is 1.47 bits per heavy atom. The molecule has 0 fully saturated rings. The van der Waals surface area contributed by atoms with Gasteiger partial charge in [0, 0.05) is 37.4 Å². The van der Waals surface area contributed by atoms with Gasteiger partial charge in [-0.2, -0.15) is 5.10 Å². The molecule has 2 heterocycles. The predicted octanol–water partition coefficient (Wildman–Crippen LogP) is 2.14. The Bertz CT molecular complexity index is 466. The quantitative estimate of drug-likeness (QED) is 0.805. The highest BCUT2D eigenvalue weighted by atomic mass is 32.1. The third kappa shape index (κ3) is 2.36. The second-order valence-corrected chi connectivity index (χ2v) is 3.90. The Balaban J connectivity index is 1.91. The van der Waals surface area contributed by atoms with Gasteiger partial charge >= 0.3 is 0 Å². The first-order chi connectivity index (χ1) is 7.27. The van der Waals surface area contributed by atoms with Gasteiger partial charge in [0.1, 0.15) is 0 Å². The van der Waals surface area contributed by atoms with Crippen molar-refractivity contribution in [2.24, 2.45) is 0 Å². The molecule has 80 valence electrons. The van der Waals surface area contributed by atoms with Gasteiger partial charge in [-0.1, -0.05) is 0 Å². The minimum absolute atomic E-state index is 0.799. The van der Waals surface area contributed by atoms with Crippen molar-refractivity contribution >= 4 is 12.2 Å². The average Bonchev–Trinajstić information content (AvgIpc) is 2.82. The van der Waals surface area contributed by atoms with E-state index in [9.17, 15) is 0 Å². The Kier molecular flexibility index (Phi) is 3.01. The van der Waals surface area contributed by atoms with Gasteiger partial charge in [-0.3, -0.25) is 4.68 Å². The SMILES string of the molecule is Cc1c[nH]c(=S)n1CCCn1cccn1. The van der Waals surface area contributed by atoms with Crippen LogP contribution in [0.4, 0.5) is 0 Å². The molecule has 5 heteroatoms. The number of nitrogens with one attached hydrogen (secondary N) is 1. The lowest BCUT2D eigenvalue weighted by Crippen LogP contribution is -2.05. The maximum atomic E-state index is 5.17. The molecule has 0 saturated carbocycles. The number of aromatic amines is 1. The zero-order valence-electron chi connectivity index (χ0n) is 8.68. The first-order valence-electron chi connectivity index (χ1n) is 4.99. The smallest absolute Gasteiger partial charge is 0.177 e. The van der Waals surface area contributed by atoms with E-state index in [4.69, 9.17) is 12.2 Å². The molecule has 15 heavy (non-hydrogen) atoms. The minimum atomic E-state index is 0.799. The molecule has 2 rings (SSSR count). The number of aromatic nitrogens is 4. The second kappa shape index (κ2) is 4.44. The Morgan fingerprint density at radius 2 is 2.33 bits per heavy atom. The van der Waals surface area contributed by atoms with Crippen molar-refractivity contribution in [1.82, 2.24) is 19.3 Å². The molecular formula is C10H14N4S. The third-order valence-electron chi connectivity index (χ3n) is 2.40. The zero-order chi connectivity index (χ0) is 10.7. The highest BCUT2D eigenvalue weighted by Crippen LogP contribution is 2.02. The molecule has 2 aromatic heterocycles. The first kappa shape index (κ1) is 10.2. The molecule has 0 aliphatic rings. The number of rotatable bonds is 4. The van der Waals surface area contributed by atoms with Crippen LogP contribution in [0, 0.1) is 11.7 Å². The van der Waals surface area contributed by atoms with Crippen LogP contribution in [-0.2, 0) is 13.1 Å². The van der Waals surface area contributed by atoms with E-state index in [-0.39, 0.29) is 0 Å². The summed E-state index contributed by atoms with van der Waals surface area (Å²) in [6.45, 7) is 3.92. The number of hydrogen-bond acceptors (Lipinski definition) is 2. The zero-order valence-corrected chi connectivity index (χ0v) is 9.50. The molecular weight excluding hydrogens is 208 g/mol. The fraction of sp³-hybridized carbons (Fsp3) is 0.400. The minimum Gasteiger partial charge on any atom is -0.337 e. The number of nitrogens with zero attached hydrogens (tertiary/aromatic N) is 3. The van der Waals surface area contributed by atoms with E-state index >= 15 is 0 Å². The number of H-pyrrole nitrogens is 1. The summed E-state index contributed by atoms with van der Waals surface area (Å²) in [5.41, 5.74) is 1.18. The molecule has 1 N–H and O–H groups in total. The Labute approximate surface area is 93.6 Å². The van der Waals surface area contributed by atoms with E-state index in [2.05, 4.69) is 21.6 Å². The van der Waals surface area contributed by atoms with E-state index in [1.165, 1.54) is 5.69 Å². The highest BCUT2D eigenvalue weighted by molar-refractivity contribution is 7.71. The lowest BCUT2D eigenvalue weighted by Gasteiger charge is -2.05. The molecule has 0 aliphatic heterocycles. The molecule has 0 saturated heterocycles. The number of hydrogen-bond donors (Lipinski definition) is 1. The van der Waals surface area contributed by atoms with Crippen LogP contribution >= 0.6 is 12.2 Å². The van der Waals surface area contributed by atoms with Crippen LogP contribution in [0.5, 0.6) is 0 Å². The maximum Gasteiger partial charge on any atom is 0.177 e. The van der Waals surface area contributed by atoms with Crippen LogP contribution in [-0.4, -0.2) is 19.3 Å². The standard InChI is InChI=1S/C10H14N4S/c1-9-8-11-10(15)14(9)7-3-6-13-5-2-4-12-13/h2,4-5,8H,3,6-7H2,1H3,(H,11,15). The van der Waals surface area contributed by atoms with E-state index in [1.54, 1.807) is 6.20 Å². The van der Waals surface area contributed by atoms with Crippen molar-refractivity contribution in [2.75, 3.05) is 0 Å². The van der Waals surface area contributed by atoms with Gasteiger partial charge < -0.3 is 9.55 Å². The van der Waals surface area contributed by atoms with E-state index in [1.807, 2.05) is 23.1 Å². The van der Waals surface area contributed by atoms with Gasteiger partial charge in [0.05, 0.1) is 0 Å². The largest absolute Gasteiger partial charge is 0.337 e. The van der Waals surface area contributed by atoms with Crippen LogP contribution in [0.3, 0.4) is 0 Å². The molecule has 0 spiro atoms. The monoisotopic (exact) mass is 222 g/mol. The normalized spacial score (nSPS) is 10.7. The van der Waals surface area contributed by atoms with Crippen LogP contribution in [0.1, 0.15) is 12.1 Å². The fourth-order valence-corrected chi connectivity index (χ4v) is 1.88. The number of imidazole rings is 1. The molecule has 0 aliphatic carbocycles. The second-order valence-electron chi connectivity index (χ2n) is 3.51. The van der Waals surface area contributed by atoms with Gasteiger partial charge in [0.2, 0.25) is 0 Å². The molecule has 0 unspecified atom stereocenters. The molecule has 0 radical (unpaired) electrons. The summed E-state index contributed by atoms with van der Waals surface area (Å²) < 4.78 is 4.85. The van der Waals surface area contributed by atoms with E-state index in [0.29, 0.717) is 0 Å². The molecule has 4 nitrogen and oxygen atoms in total. The molecule has 2 aromatic rings. The summed E-state index contributed by atoms with van der Waals surface area (Å²) in [5.74, 6) is 0. The highest BCUT2D eigenvalue weighted by Gasteiger charge is 1.98. The van der Waals surface area contributed by atoms with Crippen LogP contribution in [0.25, 0.3) is 0 Å². The average molecular weight is 222 g/mol. The lowest BCUT2D eigenvalue weighted by atomic mass is 10.4. The fourth-order valence-electron chi connectivity index (χ4n) is 1.58. The van der Waals surface area contributed by atoms with Crippen LogP contribution in [0.15, 0.2) is 24.7 Å². The van der Waals surface area contributed by atoms with Crippen molar-refractivity contribution in [3.8, 4) is 0 Å². The van der Waals surface area contributed by atoms with Crippen molar-refractivity contribution < 1.29 is 0 Å². The maximum absolute atomic E-state index is 5.17. The third-order valence-corrected chi connectivity index (χ3v) is 2.74. The summed E-state index contributed by atoms with van der Waals surface area (Å²) in [4.78, 5) is 3.04. The summed E-state index contributed by atoms with van der Waals surface area (Å²) in [6.07, 6.45) is 6.75. The molecule has 0 amide bonds. The van der Waals surface area contributed by atoms with Gasteiger partial charge in [-0.05, 0) is 31.6 Å². The van der Waals surface area contributed by atoms with Gasteiger partial charge in [-0.15, -0.1) is 0 Å². The van der Waals surface area contributed by atoms with Gasteiger partial charge in [-0.25, -0.2) is 0 Å². The lowest BCUT2D eigenvalue weighted by molar-refractivity contribution is 0.519. The van der Waals surface area contributed by atoms with E-state index in [0.717, 1.165) is 24.3 Å². The van der Waals surface area contributed by atoms with Crippen molar-refractivity contribution in [1.29, 1.82) is 0 Å². The van der Waals surface area contributed by atoms with Gasteiger partial charge in [0.15, 0.2) is 4.77 Å². The molecule has 0 bridgehead atoms. The first-order valence-corrected chi connectivity index (χ1v) is 5.40. The predicted molar refractivity (Wildman–Crippen MR) is 61.2 cm³/mol. The molecule has 0 atom stereocenters. The van der Waals surface area contributed by atoms with Gasteiger partial charge in [0.25, 0.3) is 0 Å². The summed E-state index contributed by atoms with van der Waals surface area (Å²) in [5, 5.41) is 4.15. The number of aryl methyl sites for hydroxylation is 2. The Morgan fingerprint density at radius 3 is 2.93 bits per heavy atom.